The van der Waals surface area contributed by atoms with E-state index in [1.54, 1.807) is 0 Å². The summed E-state index contributed by atoms with van der Waals surface area (Å²) in [5.74, 6) is 0.909. The molecule has 0 amide bonds. The molecule has 1 heteroatoms. The topological polar surface area (TPSA) is 20.2 Å². The average Bonchev–Trinajstić information content (AvgIpc) is 2.27. The van der Waals surface area contributed by atoms with E-state index in [-0.39, 0.29) is 12.0 Å². The van der Waals surface area contributed by atoms with Gasteiger partial charge >= 0.3 is 0 Å². The standard InChI is InChI=1S/C15H24O/c1-6-15(10-16)8-7-13(11(2)3)9-14(15)12(4)5/h6,13-14,16H,1-2,4,7-10H2,3,5H3/t13-,14+,15-/m0/s1. The first-order chi connectivity index (χ1) is 7.46. The minimum atomic E-state index is -0.155. The molecule has 0 radical (unpaired) electrons. The predicted octanol–water partition coefficient (Wildman–Crippen LogP) is 3.72. The second-order valence-corrected chi connectivity index (χ2v) is 5.31. The number of rotatable bonds is 4. The van der Waals surface area contributed by atoms with Crippen LogP contribution in [-0.4, -0.2) is 11.7 Å². The lowest BCUT2D eigenvalue weighted by molar-refractivity contribution is 0.0700. The van der Waals surface area contributed by atoms with Crippen LogP contribution in [-0.2, 0) is 0 Å². The molecule has 0 bridgehead atoms. The summed E-state index contributed by atoms with van der Waals surface area (Å²) in [4.78, 5) is 0. The highest BCUT2D eigenvalue weighted by molar-refractivity contribution is 5.16. The average molecular weight is 220 g/mol. The second kappa shape index (κ2) is 5.01. The Morgan fingerprint density at radius 2 is 2.00 bits per heavy atom. The Kier molecular flexibility index (Phi) is 4.15. The van der Waals surface area contributed by atoms with Crippen LogP contribution < -0.4 is 0 Å². The Morgan fingerprint density at radius 1 is 1.38 bits per heavy atom. The Labute approximate surface area is 99.6 Å². The van der Waals surface area contributed by atoms with Gasteiger partial charge in [-0.05, 0) is 44.9 Å². The number of hydrogen-bond acceptors (Lipinski definition) is 1. The monoisotopic (exact) mass is 220 g/mol. The molecule has 0 spiro atoms. The maximum absolute atomic E-state index is 9.65. The van der Waals surface area contributed by atoms with Gasteiger partial charge in [0.1, 0.15) is 0 Å². The Bertz CT molecular complexity index is 303. The molecule has 1 aliphatic rings. The highest BCUT2D eigenvalue weighted by Crippen LogP contribution is 2.48. The van der Waals surface area contributed by atoms with Crippen molar-refractivity contribution in [3.63, 3.8) is 0 Å². The minimum Gasteiger partial charge on any atom is -0.395 e. The summed E-state index contributed by atoms with van der Waals surface area (Å²) in [6, 6.07) is 0. The van der Waals surface area contributed by atoms with Crippen molar-refractivity contribution in [1.29, 1.82) is 0 Å². The first-order valence-electron chi connectivity index (χ1n) is 6.02. The van der Waals surface area contributed by atoms with E-state index in [1.165, 1.54) is 5.57 Å². The van der Waals surface area contributed by atoms with Crippen LogP contribution >= 0.6 is 0 Å². The van der Waals surface area contributed by atoms with Crippen molar-refractivity contribution in [2.24, 2.45) is 17.3 Å². The molecule has 1 fully saturated rings. The summed E-state index contributed by atoms with van der Waals surface area (Å²) in [6.45, 7) is 16.4. The highest BCUT2D eigenvalue weighted by atomic mass is 16.3. The Morgan fingerprint density at radius 3 is 2.38 bits per heavy atom. The van der Waals surface area contributed by atoms with Crippen molar-refractivity contribution in [3.05, 3.63) is 37.0 Å². The van der Waals surface area contributed by atoms with Gasteiger partial charge in [-0.3, -0.25) is 0 Å². The van der Waals surface area contributed by atoms with Gasteiger partial charge < -0.3 is 5.11 Å². The van der Waals surface area contributed by atoms with Crippen molar-refractivity contribution in [2.75, 3.05) is 6.61 Å². The molecule has 0 heterocycles. The third kappa shape index (κ3) is 2.30. The summed E-state index contributed by atoms with van der Waals surface area (Å²) >= 11 is 0. The van der Waals surface area contributed by atoms with Crippen LogP contribution in [0.25, 0.3) is 0 Å². The molecule has 1 saturated carbocycles. The summed E-state index contributed by atoms with van der Waals surface area (Å²) in [5, 5.41) is 9.65. The van der Waals surface area contributed by atoms with E-state index in [2.05, 4.69) is 33.6 Å². The van der Waals surface area contributed by atoms with Gasteiger partial charge in [-0.2, -0.15) is 0 Å². The Hall–Kier alpha value is -0.820. The van der Waals surface area contributed by atoms with Crippen molar-refractivity contribution in [2.45, 2.75) is 33.1 Å². The quantitative estimate of drug-likeness (QED) is 0.716. The largest absolute Gasteiger partial charge is 0.395 e. The molecule has 1 rings (SSSR count). The van der Waals surface area contributed by atoms with Crippen molar-refractivity contribution in [1.82, 2.24) is 0 Å². The second-order valence-electron chi connectivity index (χ2n) is 5.31. The van der Waals surface area contributed by atoms with E-state index in [0.717, 1.165) is 24.8 Å². The van der Waals surface area contributed by atoms with Crippen LogP contribution in [0, 0.1) is 17.3 Å². The number of allylic oxidation sites excluding steroid dienone is 2. The lowest BCUT2D eigenvalue weighted by atomic mass is 9.61. The molecule has 16 heavy (non-hydrogen) atoms. The molecule has 0 aromatic carbocycles. The SMILES string of the molecule is C=C[C@@]1(CO)CC[C@H](C(=C)C)C[C@@H]1C(=C)C. The van der Waals surface area contributed by atoms with Crippen molar-refractivity contribution < 1.29 is 5.11 Å². The highest BCUT2D eigenvalue weighted by Gasteiger charge is 2.41. The predicted molar refractivity (Wildman–Crippen MR) is 70.2 cm³/mol. The van der Waals surface area contributed by atoms with Gasteiger partial charge in [0, 0.05) is 5.41 Å². The van der Waals surface area contributed by atoms with Crippen LogP contribution in [0.1, 0.15) is 33.1 Å². The van der Waals surface area contributed by atoms with Crippen molar-refractivity contribution >= 4 is 0 Å². The van der Waals surface area contributed by atoms with Gasteiger partial charge in [-0.1, -0.05) is 30.4 Å². The maximum atomic E-state index is 9.65. The smallest absolute Gasteiger partial charge is 0.0527 e. The lowest BCUT2D eigenvalue weighted by Crippen LogP contribution is -2.38. The van der Waals surface area contributed by atoms with E-state index in [4.69, 9.17) is 0 Å². The van der Waals surface area contributed by atoms with Crippen LogP contribution in [0.3, 0.4) is 0 Å². The van der Waals surface area contributed by atoms with Gasteiger partial charge in [-0.15, -0.1) is 6.58 Å². The number of hydrogen-bond donors (Lipinski definition) is 1. The number of aliphatic hydroxyl groups is 1. The maximum Gasteiger partial charge on any atom is 0.0527 e. The van der Waals surface area contributed by atoms with E-state index in [9.17, 15) is 5.11 Å². The molecule has 0 saturated heterocycles. The fraction of sp³-hybridized carbons (Fsp3) is 0.600. The molecular formula is C15H24O. The molecule has 1 N–H and O–H groups in total. The van der Waals surface area contributed by atoms with Gasteiger partial charge in [0.15, 0.2) is 0 Å². The van der Waals surface area contributed by atoms with E-state index in [0.29, 0.717) is 11.8 Å². The molecule has 90 valence electrons. The zero-order chi connectivity index (χ0) is 12.3. The molecule has 1 nitrogen and oxygen atoms in total. The molecule has 0 aliphatic heterocycles. The van der Waals surface area contributed by atoms with Crippen LogP contribution in [0.2, 0.25) is 0 Å². The molecule has 0 aromatic rings. The fourth-order valence-corrected chi connectivity index (χ4v) is 2.89. The molecule has 3 atom stereocenters. The molecule has 1 aliphatic carbocycles. The third-order valence-electron chi connectivity index (χ3n) is 4.17. The zero-order valence-electron chi connectivity index (χ0n) is 10.6. The van der Waals surface area contributed by atoms with Gasteiger partial charge in [0.25, 0.3) is 0 Å². The van der Waals surface area contributed by atoms with Gasteiger partial charge in [0.2, 0.25) is 0 Å². The summed E-state index contributed by atoms with van der Waals surface area (Å²) in [6.07, 6.45) is 5.08. The number of aliphatic hydroxyl groups excluding tert-OH is 1. The third-order valence-corrected chi connectivity index (χ3v) is 4.17. The summed E-state index contributed by atoms with van der Waals surface area (Å²) in [7, 11) is 0. The minimum absolute atomic E-state index is 0.155. The van der Waals surface area contributed by atoms with Crippen LogP contribution in [0.4, 0.5) is 0 Å². The van der Waals surface area contributed by atoms with Gasteiger partial charge in [-0.25, -0.2) is 0 Å². The van der Waals surface area contributed by atoms with Crippen LogP contribution in [0.5, 0.6) is 0 Å². The fourth-order valence-electron chi connectivity index (χ4n) is 2.89. The van der Waals surface area contributed by atoms with E-state index in [1.807, 2.05) is 6.08 Å². The zero-order valence-corrected chi connectivity index (χ0v) is 10.6. The van der Waals surface area contributed by atoms with Gasteiger partial charge in [0.05, 0.1) is 6.61 Å². The summed E-state index contributed by atoms with van der Waals surface area (Å²) < 4.78 is 0. The first kappa shape index (κ1) is 13.2. The molecule has 0 aromatic heterocycles. The van der Waals surface area contributed by atoms with E-state index < -0.39 is 0 Å². The normalized spacial score (nSPS) is 34.4. The summed E-state index contributed by atoms with van der Waals surface area (Å²) in [5.41, 5.74) is 2.25. The lowest BCUT2D eigenvalue weighted by Gasteiger charge is -2.44. The van der Waals surface area contributed by atoms with Crippen molar-refractivity contribution in [3.8, 4) is 0 Å². The molecular weight excluding hydrogens is 196 g/mol. The molecule has 0 unspecified atom stereocenters. The van der Waals surface area contributed by atoms with Crippen LogP contribution in [0.15, 0.2) is 37.0 Å². The van der Waals surface area contributed by atoms with E-state index >= 15 is 0 Å². The Balaban J connectivity index is 2.95. The first-order valence-corrected chi connectivity index (χ1v) is 6.02.